The second-order valence-corrected chi connectivity index (χ2v) is 4.97. The quantitative estimate of drug-likeness (QED) is 0.742. The average Bonchev–Trinajstić information content (AvgIpc) is 2.99. The van der Waals surface area contributed by atoms with Crippen LogP contribution in [-0.4, -0.2) is 21.8 Å². The van der Waals surface area contributed by atoms with E-state index in [0.29, 0.717) is 11.7 Å². The van der Waals surface area contributed by atoms with E-state index in [2.05, 4.69) is 10.1 Å². The molecule has 0 N–H and O–H groups in total. The summed E-state index contributed by atoms with van der Waals surface area (Å²) in [5.41, 5.74) is 2.47. The van der Waals surface area contributed by atoms with Crippen molar-refractivity contribution in [2.24, 2.45) is 7.05 Å². The van der Waals surface area contributed by atoms with Crippen LogP contribution in [0.5, 0.6) is 5.75 Å². The maximum absolute atomic E-state index is 11.4. The van der Waals surface area contributed by atoms with Crippen molar-refractivity contribution >= 4 is 0 Å². The lowest BCUT2D eigenvalue weighted by Crippen LogP contribution is -2.14. The van der Waals surface area contributed by atoms with Crippen LogP contribution in [0.25, 0.3) is 22.8 Å². The van der Waals surface area contributed by atoms with Crippen LogP contribution in [0.15, 0.2) is 45.8 Å². The molecule has 2 aromatic heterocycles. The third-order valence-corrected chi connectivity index (χ3v) is 3.43. The fraction of sp³-hybridized carbons (Fsp3) is 0.188. The Bertz CT molecular complexity index is 880. The average molecular weight is 297 g/mol. The monoisotopic (exact) mass is 297 g/mol. The SMILES string of the molecule is COc1ccc(-c2nc(-c3ccc(=O)n(C)c3)no2)c(C)c1. The van der Waals surface area contributed by atoms with Crippen LogP contribution in [0.4, 0.5) is 0 Å². The highest BCUT2D eigenvalue weighted by molar-refractivity contribution is 5.63. The van der Waals surface area contributed by atoms with Gasteiger partial charge in [0.15, 0.2) is 0 Å². The number of benzene rings is 1. The molecule has 0 saturated heterocycles. The van der Waals surface area contributed by atoms with E-state index in [1.54, 1.807) is 26.4 Å². The first-order valence-electron chi connectivity index (χ1n) is 6.74. The van der Waals surface area contributed by atoms with Gasteiger partial charge in [-0.15, -0.1) is 0 Å². The molecular weight excluding hydrogens is 282 g/mol. The molecule has 0 aliphatic carbocycles. The molecule has 0 amide bonds. The van der Waals surface area contributed by atoms with Gasteiger partial charge in [0.1, 0.15) is 5.75 Å². The van der Waals surface area contributed by atoms with E-state index in [1.165, 1.54) is 10.6 Å². The second-order valence-electron chi connectivity index (χ2n) is 4.97. The maximum atomic E-state index is 11.4. The minimum atomic E-state index is -0.0848. The lowest BCUT2D eigenvalue weighted by molar-refractivity contribution is 0.414. The molecule has 0 bridgehead atoms. The first-order chi connectivity index (χ1) is 10.6. The molecular formula is C16H15N3O3. The summed E-state index contributed by atoms with van der Waals surface area (Å²) < 4.78 is 12.0. The van der Waals surface area contributed by atoms with Gasteiger partial charge in [-0.25, -0.2) is 0 Å². The standard InChI is InChI=1S/C16H15N3O3/c1-10-8-12(21-3)5-6-13(10)16-17-15(18-22-16)11-4-7-14(20)19(2)9-11/h4-9H,1-3H3. The van der Waals surface area contributed by atoms with Crippen molar-refractivity contribution in [3.05, 3.63) is 52.4 Å². The molecule has 3 rings (SSSR count). The summed E-state index contributed by atoms with van der Waals surface area (Å²) in [4.78, 5) is 15.8. The number of aryl methyl sites for hydroxylation is 2. The Balaban J connectivity index is 2.00. The molecule has 1 aromatic carbocycles. The molecule has 0 fully saturated rings. The third kappa shape index (κ3) is 2.50. The number of pyridine rings is 1. The van der Waals surface area contributed by atoms with Gasteiger partial charge in [0, 0.05) is 30.4 Å². The van der Waals surface area contributed by atoms with Crippen LogP contribution >= 0.6 is 0 Å². The van der Waals surface area contributed by atoms with Crippen LogP contribution < -0.4 is 10.3 Å². The van der Waals surface area contributed by atoms with Gasteiger partial charge in [-0.2, -0.15) is 4.98 Å². The normalized spacial score (nSPS) is 10.7. The molecule has 0 spiro atoms. The molecule has 0 aliphatic rings. The van der Waals surface area contributed by atoms with Gasteiger partial charge in [0.05, 0.1) is 7.11 Å². The summed E-state index contributed by atoms with van der Waals surface area (Å²) >= 11 is 0. The summed E-state index contributed by atoms with van der Waals surface area (Å²) in [5, 5.41) is 3.98. The summed E-state index contributed by atoms with van der Waals surface area (Å²) in [5.74, 6) is 1.66. The van der Waals surface area contributed by atoms with Gasteiger partial charge in [-0.05, 0) is 36.8 Å². The van der Waals surface area contributed by atoms with Gasteiger partial charge in [0.2, 0.25) is 11.4 Å². The number of hydrogen-bond acceptors (Lipinski definition) is 5. The van der Waals surface area contributed by atoms with Gasteiger partial charge in [0.25, 0.3) is 5.89 Å². The maximum Gasteiger partial charge on any atom is 0.258 e. The van der Waals surface area contributed by atoms with E-state index in [-0.39, 0.29) is 5.56 Å². The highest BCUT2D eigenvalue weighted by Crippen LogP contribution is 2.27. The topological polar surface area (TPSA) is 70.2 Å². The molecule has 0 saturated carbocycles. The zero-order valence-electron chi connectivity index (χ0n) is 12.5. The first kappa shape index (κ1) is 14.1. The number of methoxy groups -OCH3 is 1. The van der Waals surface area contributed by atoms with Crippen LogP contribution in [-0.2, 0) is 7.05 Å². The molecule has 0 radical (unpaired) electrons. The van der Waals surface area contributed by atoms with Crippen molar-refractivity contribution in [1.82, 2.24) is 14.7 Å². The Morgan fingerprint density at radius 3 is 2.73 bits per heavy atom. The predicted octanol–water partition coefficient (Wildman–Crippen LogP) is 2.42. The Morgan fingerprint density at radius 2 is 2.05 bits per heavy atom. The number of ether oxygens (including phenoxy) is 1. The van der Waals surface area contributed by atoms with E-state index in [1.807, 2.05) is 25.1 Å². The van der Waals surface area contributed by atoms with Crippen molar-refractivity contribution in [3.8, 4) is 28.6 Å². The lowest BCUT2D eigenvalue weighted by atomic mass is 10.1. The van der Waals surface area contributed by atoms with Crippen LogP contribution in [0.1, 0.15) is 5.56 Å². The Hall–Kier alpha value is -2.89. The zero-order valence-corrected chi connectivity index (χ0v) is 12.5. The molecule has 3 aromatic rings. The van der Waals surface area contributed by atoms with Gasteiger partial charge >= 0.3 is 0 Å². The molecule has 6 nitrogen and oxygen atoms in total. The zero-order chi connectivity index (χ0) is 15.7. The van der Waals surface area contributed by atoms with E-state index >= 15 is 0 Å². The highest BCUT2D eigenvalue weighted by atomic mass is 16.5. The second kappa shape index (κ2) is 5.48. The molecule has 0 unspecified atom stereocenters. The van der Waals surface area contributed by atoms with Crippen molar-refractivity contribution in [3.63, 3.8) is 0 Å². The Labute approximate surface area is 127 Å². The summed E-state index contributed by atoms with van der Waals surface area (Å²) in [6.07, 6.45) is 1.68. The minimum Gasteiger partial charge on any atom is -0.497 e. The van der Waals surface area contributed by atoms with E-state index < -0.39 is 0 Å². The van der Waals surface area contributed by atoms with E-state index in [0.717, 1.165) is 22.4 Å². The van der Waals surface area contributed by atoms with E-state index in [9.17, 15) is 4.79 Å². The first-order valence-corrected chi connectivity index (χ1v) is 6.74. The molecule has 112 valence electrons. The van der Waals surface area contributed by atoms with Gasteiger partial charge in [-0.1, -0.05) is 5.16 Å². The largest absolute Gasteiger partial charge is 0.497 e. The van der Waals surface area contributed by atoms with Crippen molar-refractivity contribution in [1.29, 1.82) is 0 Å². The van der Waals surface area contributed by atoms with Gasteiger partial charge in [-0.3, -0.25) is 4.79 Å². The van der Waals surface area contributed by atoms with Crippen LogP contribution in [0.3, 0.4) is 0 Å². The van der Waals surface area contributed by atoms with Crippen molar-refractivity contribution in [2.75, 3.05) is 7.11 Å². The summed E-state index contributed by atoms with van der Waals surface area (Å²) in [7, 11) is 3.30. The molecule has 6 heteroatoms. The lowest BCUT2D eigenvalue weighted by Gasteiger charge is -2.03. The molecule has 0 aliphatic heterocycles. The number of hydrogen-bond donors (Lipinski definition) is 0. The fourth-order valence-electron chi connectivity index (χ4n) is 2.18. The summed E-state index contributed by atoms with van der Waals surface area (Å²) in [6.45, 7) is 1.95. The molecule has 22 heavy (non-hydrogen) atoms. The van der Waals surface area contributed by atoms with Crippen molar-refractivity contribution < 1.29 is 9.26 Å². The van der Waals surface area contributed by atoms with E-state index in [4.69, 9.17) is 9.26 Å². The smallest absolute Gasteiger partial charge is 0.258 e. The summed E-state index contributed by atoms with van der Waals surface area (Å²) in [6, 6.07) is 8.79. The number of aromatic nitrogens is 3. The van der Waals surface area contributed by atoms with Gasteiger partial charge < -0.3 is 13.8 Å². The Morgan fingerprint density at radius 1 is 1.23 bits per heavy atom. The third-order valence-electron chi connectivity index (χ3n) is 3.43. The molecule has 2 heterocycles. The Kier molecular flexibility index (Phi) is 3.50. The highest BCUT2D eigenvalue weighted by Gasteiger charge is 2.13. The van der Waals surface area contributed by atoms with Crippen LogP contribution in [0.2, 0.25) is 0 Å². The van der Waals surface area contributed by atoms with Crippen LogP contribution in [0, 0.1) is 6.92 Å². The minimum absolute atomic E-state index is 0.0848. The number of nitrogens with zero attached hydrogens (tertiary/aromatic N) is 3. The number of rotatable bonds is 3. The molecule has 0 atom stereocenters. The van der Waals surface area contributed by atoms with Crippen molar-refractivity contribution in [2.45, 2.75) is 6.92 Å². The predicted molar refractivity (Wildman–Crippen MR) is 81.7 cm³/mol. The fourth-order valence-corrected chi connectivity index (χ4v) is 2.18.